The summed E-state index contributed by atoms with van der Waals surface area (Å²) < 4.78 is 7.86. The van der Waals surface area contributed by atoms with Crippen molar-refractivity contribution in [1.82, 2.24) is 9.78 Å². The molecule has 1 aliphatic rings. The van der Waals surface area contributed by atoms with E-state index in [2.05, 4.69) is 6.92 Å². The van der Waals surface area contributed by atoms with E-state index in [-0.39, 0.29) is 5.56 Å². The molecule has 2 aromatic heterocycles. The minimum atomic E-state index is 0.000385. The minimum Gasteiger partial charge on any atom is -0.497 e. The number of ether oxygens (including phenoxy) is 1. The number of aryl methyl sites for hydroxylation is 2. The Hall–Kier alpha value is -1.79. The van der Waals surface area contributed by atoms with Crippen molar-refractivity contribution in [2.24, 2.45) is 0 Å². The second-order valence-electron chi connectivity index (χ2n) is 6.13. The van der Waals surface area contributed by atoms with E-state index >= 15 is 0 Å². The zero-order valence-electron chi connectivity index (χ0n) is 14.4. The van der Waals surface area contributed by atoms with E-state index in [1.807, 2.05) is 24.3 Å². The van der Waals surface area contributed by atoms with Gasteiger partial charge in [0.25, 0.3) is 5.56 Å². The van der Waals surface area contributed by atoms with Crippen LogP contribution in [0.25, 0.3) is 15.8 Å². The molecule has 3 aromatic rings. The maximum absolute atomic E-state index is 13.2. The van der Waals surface area contributed by atoms with E-state index < -0.39 is 0 Å². The van der Waals surface area contributed by atoms with Gasteiger partial charge in [-0.05, 0) is 61.3 Å². The van der Waals surface area contributed by atoms with Crippen molar-refractivity contribution in [3.05, 3.63) is 45.1 Å². The van der Waals surface area contributed by atoms with Crippen LogP contribution in [0.15, 0.2) is 34.1 Å². The highest BCUT2D eigenvalue weighted by molar-refractivity contribution is 7.99. The van der Waals surface area contributed by atoms with Gasteiger partial charge in [-0.15, -0.1) is 23.1 Å². The van der Waals surface area contributed by atoms with Gasteiger partial charge in [0.1, 0.15) is 10.8 Å². The third-order valence-electron chi connectivity index (χ3n) is 4.47. The van der Waals surface area contributed by atoms with Gasteiger partial charge in [0.2, 0.25) is 0 Å². The van der Waals surface area contributed by atoms with Gasteiger partial charge in [0.15, 0.2) is 0 Å². The summed E-state index contributed by atoms with van der Waals surface area (Å²) in [6, 6.07) is 7.51. The SMILES string of the molecule is CCCSc1nn(-c2ccc(OC)cc2)c(=O)c2c3c(sc12)CCC3. The molecule has 130 valence electrons. The molecule has 25 heavy (non-hydrogen) atoms. The van der Waals surface area contributed by atoms with Crippen LogP contribution >= 0.6 is 23.1 Å². The molecule has 0 atom stereocenters. The van der Waals surface area contributed by atoms with Crippen LogP contribution in [0.1, 0.15) is 30.2 Å². The van der Waals surface area contributed by atoms with Crippen LogP contribution in [-0.2, 0) is 12.8 Å². The quantitative estimate of drug-likeness (QED) is 0.621. The van der Waals surface area contributed by atoms with Gasteiger partial charge in [-0.2, -0.15) is 9.78 Å². The fourth-order valence-corrected chi connectivity index (χ4v) is 5.59. The van der Waals surface area contributed by atoms with Crippen LogP contribution in [-0.4, -0.2) is 22.6 Å². The van der Waals surface area contributed by atoms with Crippen LogP contribution in [0.5, 0.6) is 5.75 Å². The molecule has 0 spiro atoms. The van der Waals surface area contributed by atoms with Crippen LogP contribution < -0.4 is 10.3 Å². The topological polar surface area (TPSA) is 44.1 Å². The van der Waals surface area contributed by atoms with Crippen molar-refractivity contribution in [3.63, 3.8) is 0 Å². The molecule has 1 aromatic carbocycles. The number of methoxy groups -OCH3 is 1. The number of thiophene rings is 1. The standard InChI is InChI=1S/C19H20N2O2S2/c1-3-11-24-18-17-16(14-5-4-6-15(14)25-17)19(22)21(20-18)12-7-9-13(23-2)10-8-12/h7-10H,3-6,11H2,1-2H3. The maximum atomic E-state index is 13.2. The Labute approximate surface area is 154 Å². The lowest BCUT2D eigenvalue weighted by Gasteiger charge is -2.10. The van der Waals surface area contributed by atoms with Crippen molar-refractivity contribution in [2.75, 3.05) is 12.9 Å². The van der Waals surface area contributed by atoms with Gasteiger partial charge < -0.3 is 4.74 Å². The lowest BCUT2D eigenvalue weighted by molar-refractivity contribution is 0.414. The molecule has 0 saturated carbocycles. The number of hydrogen-bond acceptors (Lipinski definition) is 5. The number of nitrogens with zero attached hydrogens (tertiary/aromatic N) is 2. The monoisotopic (exact) mass is 372 g/mol. The average Bonchev–Trinajstić information content (AvgIpc) is 3.22. The molecule has 0 N–H and O–H groups in total. The van der Waals surface area contributed by atoms with Crippen LogP contribution in [0.2, 0.25) is 0 Å². The average molecular weight is 373 g/mol. The summed E-state index contributed by atoms with van der Waals surface area (Å²) in [5.74, 6) is 1.78. The van der Waals surface area contributed by atoms with Crippen molar-refractivity contribution in [2.45, 2.75) is 37.6 Å². The number of thioether (sulfide) groups is 1. The van der Waals surface area contributed by atoms with E-state index in [1.165, 1.54) is 10.4 Å². The molecule has 0 fully saturated rings. The highest BCUT2D eigenvalue weighted by Gasteiger charge is 2.24. The Kier molecular flexibility index (Phi) is 4.56. The highest BCUT2D eigenvalue weighted by Crippen LogP contribution is 2.39. The number of aromatic nitrogens is 2. The molecule has 0 bridgehead atoms. The maximum Gasteiger partial charge on any atom is 0.280 e. The van der Waals surface area contributed by atoms with Gasteiger partial charge >= 0.3 is 0 Å². The largest absolute Gasteiger partial charge is 0.497 e. The Morgan fingerprint density at radius 2 is 2.08 bits per heavy atom. The molecule has 4 rings (SSSR count). The molecule has 0 aliphatic heterocycles. The third kappa shape index (κ3) is 2.87. The summed E-state index contributed by atoms with van der Waals surface area (Å²) in [5.41, 5.74) is 2.04. The third-order valence-corrected chi connectivity index (χ3v) is 7.07. The molecule has 0 unspecified atom stereocenters. The van der Waals surface area contributed by atoms with Crippen LogP contribution in [0.3, 0.4) is 0 Å². The summed E-state index contributed by atoms with van der Waals surface area (Å²) in [6.07, 6.45) is 4.34. The van der Waals surface area contributed by atoms with Crippen molar-refractivity contribution >= 4 is 33.2 Å². The first-order valence-corrected chi connectivity index (χ1v) is 10.4. The van der Waals surface area contributed by atoms with E-state index in [9.17, 15) is 4.79 Å². The Bertz CT molecular complexity index is 974. The number of benzene rings is 1. The molecule has 0 saturated heterocycles. The van der Waals surface area contributed by atoms with Crippen molar-refractivity contribution in [1.29, 1.82) is 0 Å². The van der Waals surface area contributed by atoms with E-state index in [1.54, 1.807) is 34.9 Å². The summed E-state index contributed by atoms with van der Waals surface area (Å²) in [4.78, 5) is 14.6. The molecule has 1 aliphatic carbocycles. The Balaban J connectivity index is 1.94. The van der Waals surface area contributed by atoms with Gasteiger partial charge in [-0.3, -0.25) is 4.79 Å². The zero-order valence-corrected chi connectivity index (χ0v) is 16.0. The summed E-state index contributed by atoms with van der Waals surface area (Å²) >= 11 is 3.52. The first-order valence-electron chi connectivity index (χ1n) is 8.57. The lowest BCUT2D eigenvalue weighted by Crippen LogP contribution is -2.22. The first kappa shape index (κ1) is 16.7. The lowest BCUT2D eigenvalue weighted by atomic mass is 10.2. The number of hydrogen-bond donors (Lipinski definition) is 0. The molecule has 2 heterocycles. The summed E-state index contributed by atoms with van der Waals surface area (Å²) in [7, 11) is 1.64. The van der Waals surface area contributed by atoms with E-state index in [0.717, 1.165) is 58.0 Å². The summed E-state index contributed by atoms with van der Waals surface area (Å²) in [6.45, 7) is 2.16. The van der Waals surface area contributed by atoms with Crippen molar-refractivity contribution < 1.29 is 4.74 Å². The molecule has 0 amide bonds. The fraction of sp³-hybridized carbons (Fsp3) is 0.368. The van der Waals surface area contributed by atoms with Gasteiger partial charge in [0.05, 0.1) is 22.9 Å². The summed E-state index contributed by atoms with van der Waals surface area (Å²) in [5, 5.41) is 6.58. The molecule has 6 heteroatoms. The molecular formula is C19H20N2O2S2. The smallest absolute Gasteiger partial charge is 0.280 e. The molecular weight excluding hydrogens is 352 g/mol. The second-order valence-corrected chi connectivity index (χ2v) is 8.32. The molecule has 4 nitrogen and oxygen atoms in total. The van der Waals surface area contributed by atoms with Gasteiger partial charge in [-0.1, -0.05) is 6.92 Å². The van der Waals surface area contributed by atoms with Crippen LogP contribution in [0, 0.1) is 0 Å². The predicted octanol–water partition coefficient (Wildman–Crippen LogP) is 4.45. The fourth-order valence-electron chi connectivity index (χ4n) is 3.26. The Morgan fingerprint density at radius 1 is 1.28 bits per heavy atom. The van der Waals surface area contributed by atoms with Crippen molar-refractivity contribution in [3.8, 4) is 11.4 Å². The van der Waals surface area contributed by atoms with Gasteiger partial charge in [-0.25, -0.2) is 0 Å². The van der Waals surface area contributed by atoms with E-state index in [4.69, 9.17) is 9.84 Å². The number of fused-ring (bicyclic) bond motifs is 3. The highest BCUT2D eigenvalue weighted by atomic mass is 32.2. The van der Waals surface area contributed by atoms with Crippen LogP contribution in [0.4, 0.5) is 0 Å². The first-order chi connectivity index (χ1) is 12.2. The Morgan fingerprint density at radius 3 is 2.80 bits per heavy atom. The zero-order chi connectivity index (χ0) is 17.4. The number of rotatable bonds is 5. The van der Waals surface area contributed by atoms with E-state index in [0.29, 0.717) is 0 Å². The molecule has 0 radical (unpaired) electrons. The minimum absolute atomic E-state index is 0.000385. The van der Waals surface area contributed by atoms with Gasteiger partial charge in [0, 0.05) is 4.88 Å². The predicted molar refractivity (Wildman–Crippen MR) is 105 cm³/mol. The second kappa shape index (κ2) is 6.84. The normalized spacial score (nSPS) is 13.4.